The number of rotatable bonds is 5. The van der Waals surface area contributed by atoms with Gasteiger partial charge in [0.2, 0.25) is 5.91 Å². The smallest absolute Gasteiger partial charge is 0.224 e. The molecule has 5 aromatic heterocycles. The number of carbonyl (C=O) groups is 1. The SMILES string of the molecule is CCC(=O)Nc1cncc(-c2cc3c(-c4cc5c(-c6cccc(F)c6)cncc5[nH]4)n[nH]c3cn2)c1. The molecule has 5 heterocycles. The predicted molar refractivity (Wildman–Crippen MR) is 137 cm³/mol. The van der Waals surface area contributed by atoms with E-state index in [9.17, 15) is 9.18 Å². The van der Waals surface area contributed by atoms with Crippen molar-refractivity contribution < 1.29 is 9.18 Å². The summed E-state index contributed by atoms with van der Waals surface area (Å²) in [5.74, 6) is -0.383. The number of carbonyl (C=O) groups excluding carboxylic acids is 1. The number of anilines is 1. The van der Waals surface area contributed by atoms with Crippen molar-refractivity contribution in [3.05, 3.63) is 79.3 Å². The Bertz CT molecular complexity index is 1750. The fourth-order valence-corrected chi connectivity index (χ4v) is 4.24. The fraction of sp³-hybridized carbons (Fsp3) is 0.0741. The highest BCUT2D eigenvalue weighted by Gasteiger charge is 2.15. The van der Waals surface area contributed by atoms with E-state index in [4.69, 9.17) is 0 Å². The molecule has 9 heteroatoms. The second-order valence-corrected chi connectivity index (χ2v) is 8.39. The molecule has 1 aromatic carbocycles. The summed E-state index contributed by atoms with van der Waals surface area (Å²) < 4.78 is 13.9. The number of nitrogens with zero attached hydrogens (tertiary/aromatic N) is 4. The molecule has 0 bridgehead atoms. The molecule has 0 unspecified atom stereocenters. The number of halogens is 1. The quantitative estimate of drug-likeness (QED) is 0.294. The third kappa shape index (κ3) is 3.86. The van der Waals surface area contributed by atoms with Crippen LogP contribution in [0.4, 0.5) is 10.1 Å². The molecule has 176 valence electrons. The number of nitrogens with one attached hydrogen (secondary N) is 3. The van der Waals surface area contributed by atoms with Gasteiger partial charge < -0.3 is 10.3 Å². The van der Waals surface area contributed by atoms with Crippen molar-refractivity contribution in [2.24, 2.45) is 0 Å². The number of pyridine rings is 3. The van der Waals surface area contributed by atoms with Crippen LogP contribution in [-0.4, -0.2) is 36.0 Å². The van der Waals surface area contributed by atoms with Crippen molar-refractivity contribution in [1.82, 2.24) is 30.1 Å². The van der Waals surface area contributed by atoms with Gasteiger partial charge in [0.25, 0.3) is 0 Å². The number of H-pyrrole nitrogens is 2. The highest BCUT2D eigenvalue weighted by molar-refractivity contribution is 6.01. The van der Waals surface area contributed by atoms with Crippen LogP contribution in [0.25, 0.3) is 55.6 Å². The van der Waals surface area contributed by atoms with Crippen LogP contribution < -0.4 is 5.32 Å². The lowest BCUT2D eigenvalue weighted by Gasteiger charge is -2.06. The second-order valence-electron chi connectivity index (χ2n) is 8.39. The van der Waals surface area contributed by atoms with Crippen LogP contribution in [-0.2, 0) is 4.79 Å². The Morgan fingerprint density at radius 3 is 2.69 bits per heavy atom. The minimum absolute atomic E-state index is 0.0830. The van der Waals surface area contributed by atoms with Gasteiger partial charge in [0.05, 0.1) is 46.7 Å². The summed E-state index contributed by atoms with van der Waals surface area (Å²) in [5.41, 5.74) is 6.77. The Hall–Kier alpha value is -4.92. The van der Waals surface area contributed by atoms with E-state index in [-0.39, 0.29) is 11.7 Å². The van der Waals surface area contributed by atoms with Crippen LogP contribution >= 0.6 is 0 Å². The number of amides is 1. The molecule has 0 aliphatic rings. The Balaban J connectivity index is 1.43. The number of aromatic amines is 2. The van der Waals surface area contributed by atoms with E-state index < -0.39 is 0 Å². The molecule has 3 N–H and O–H groups in total. The lowest BCUT2D eigenvalue weighted by molar-refractivity contribution is -0.115. The summed E-state index contributed by atoms with van der Waals surface area (Å²) in [4.78, 5) is 28.3. The molecular weight excluding hydrogens is 457 g/mol. The van der Waals surface area contributed by atoms with Crippen molar-refractivity contribution in [3.63, 3.8) is 0 Å². The zero-order chi connectivity index (χ0) is 24.6. The minimum atomic E-state index is -0.300. The van der Waals surface area contributed by atoms with Crippen molar-refractivity contribution in [3.8, 4) is 33.8 Å². The number of fused-ring (bicyclic) bond motifs is 2. The largest absolute Gasteiger partial charge is 0.352 e. The molecule has 8 nitrogen and oxygen atoms in total. The van der Waals surface area contributed by atoms with Gasteiger partial charge in [-0.25, -0.2) is 4.39 Å². The number of hydrogen-bond acceptors (Lipinski definition) is 5. The van der Waals surface area contributed by atoms with Gasteiger partial charge in [-0.1, -0.05) is 19.1 Å². The van der Waals surface area contributed by atoms with E-state index >= 15 is 0 Å². The average molecular weight is 478 g/mol. The molecule has 0 saturated carbocycles. The normalized spacial score (nSPS) is 11.3. The van der Waals surface area contributed by atoms with Crippen LogP contribution in [0.1, 0.15) is 13.3 Å². The van der Waals surface area contributed by atoms with Gasteiger partial charge in [-0.15, -0.1) is 0 Å². The first-order chi connectivity index (χ1) is 17.6. The lowest BCUT2D eigenvalue weighted by Crippen LogP contribution is -2.09. The first-order valence-electron chi connectivity index (χ1n) is 11.4. The van der Waals surface area contributed by atoms with Gasteiger partial charge >= 0.3 is 0 Å². The molecular formula is C27H20FN7O. The summed E-state index contributed by atoms with van der Waals surface area (Å²) in [7, 11) is 0. The van der Waals surface area contributed by atoms with Gasteiger partial charge in [-0.2, -0.15) is 5.10 Å². The fourth-order valence-electron chi connectivity index (χ4n) is 4.24. The monoisotopic (exact) mass is 477 g/mol. The van der Waals surface area contributed by atoms with Gasteiger partial charge in [0.15, 0.2) is 0 Å². The number of hydrogen-bond donors (Lipinski definition) is 3. The molecule has 6 aromatic rings. The molecule has 0 aliphatic heterocycles. The second kappa shape index (κ2) is 8.70. The van der Waals surface area contributed by atoms with E-state index in [1.165, 1.54) is 12.1 Å². The van der Waals surface area contributed by atoms with Crippen LogP contribution in [0.15, 0.2) is 73.4 Å². The molecule has 1 amide bonds. The zero-order valence-corrected chi connectivity index (χ0v) is 19.2. The molecule has 0 aliphatic carbocycles. The van der Waals surface area contributed by atoms with Crippen LogP contribution in [0.2, 0.25) is 0 Å². The van der Waals surface area contributed by atoms with E-state index in [0.717, 1.165) is 49.9 Å². The summed E-state index contributed by atoms with van der Waals surface area (Å²) in [6, 6.07) is 12.2. The average Bonchev–Trinajstić information content (AvgIpc) is 3.52. The Morgan fingerprint density at radius 2 is 1.83 bits per heavy atom. The molecule has 0 atom stereocenters. The van der Waals surface area contributed by atoms with E-state index in [1.54, 1.807) is 44.0 Å². The highest BCUT2D eigenvalue weighted by Crippen LogP contribution is 2.34. The van der Waals surface area contributed by atoms with Crippen molar-refractivity contribution in [1.29, 1.82) is 0 Å². The molecule has 0 saturated heterocycles. The Morgan fingerprint density at radius 1 is 0.944 bits per heavy atom. The first kappa shape index (κ1) is 21.6. The summed E-state index contributed by atoms with van der Waals surface area (Å²) in [5, 5.41) is 12.2. The maximum absolute atomic E-state index is 13.9. The zero-order valence-electron chi connectivity index (χ0n) is 19.2. The third-order valence-corrected chi connectivity index (χ3v) is 6.02. The summed E-state index contributed by atoms with van der Waals surface area (Å²) in [6.07, 6.45) is 8.89. The maximum atomic E-state index is 13.9. The van der Waals surface area contributed by atoms with E-state index in [0.29, 0.717) is 17.8 Å². The van der Waals surface area contributed by atoms with E-state index in [1.807, 2.05) is 24.3 Å². The van der Waals surface area contributed by atoms with E-state index in [2.05, 4.69) is 35.5 Å². The number of aromatic nitrogens is 6. The summed E-state index contributed by atoms with van der Waals surface area (Å²) >= 11 is 0. The molecule has 36 heavy (non-hydrogen) atoms. The Kier molecular flexibility index (Phi) is 5.22. The predicted octanol–water partition coefficient (Wildman–Crippen LogP) is 5.72. The van der Waals surface area contributed by atoms with Gasteiger partial charge in [-0.3, -0.25) is 24.8 Å². The van der Waals surface area contributed by atoms with Gasteiger partial charge in [-0.05, 0) is 35.9 Å². The van der Waals surface area contributed by atoms with Crippen molar-refractivity contribution >= 4 is 33.4 Å². The van der Waals surface area contributed by atoms with Crippen LogP contribution in [0, 0.1) is 5.82 Å². The van der Waals surface area contributed by atoms with Gasteiger partial charge in [0.1, 0.15) is 11.5 Å². The summed E-state index contributed by atoms with van der Waals surface area (Å²) in [6.45, 7) is 1.80. The molecule has 6 rings (SSSR count). The maximum Gasteiger partial charge on any atom is 0.224 e. The van der Waals surface area contributed by atoms with Crippen LogP contribution in [0.5, 0.6) is 0 Å². The lowest BCUT2D eigenvalue weighted by atomic mass is 10.0. The highest BCUT2D eigenvalue weighted by atomic mass is 19.1. The molecule has 0 spiro atoms. The Labute approximate surface area is 204 Å². The van der Waals surface area contributed by atoms with Crippen molar-refractivity contribution in [2.75, 3.05) is 5.32 Å². The van der Waals surface area contributed by atoms with Crippen molar-refractivity contribution in [2.45, 2.75) is 13.3 Å². The topological polar surface area (TPSA) is 112 Å². The standard InChI is InChI=1S/C27H20FN7O/c1-2-26(36)32-18-7-16(10-29-11-18)22-9-20-25(14-31-22)34-35-27(20)23-8-19-21(12-30-13-24(19)33-23)15-4-3-5-17(28)6-15/h3-14,33H,2H2,1H3,(H,32,36)(H,34,35). The minimum Gasteiger partial charge on any atom is -0.352 e. The number of benzene rings is 1. The first-order valence-corrected chi connectivity index (χ1v) is 11.4. The van der Waals surface area contributed by atoms with Gasteiger partial charge in [0, 0.05) is 40.7 Å². The third-order valence-electron chi connectivity index (χ3n) is 6.02. The molecule has 0 radical (unpaired) electrons. The van der Waals surface area contributed by atoms with Crippen LogP contribution in [0.3, 0.4) is 0 Å². The molecule has 0 fully saturated rings.